The lowest BCUT2D eigenvalue weighted by molar-refractivity contribution is 0.379. The van der Waals surface area contributed by atoms with Crippen LogP contribution in [0.4, 0.5) is 8.78 Å². The van der Waals surface area contributed by atoms with Crippen molar-refractivity contribution in [1.29, 1.82) is 0 Å². The number of aromatic amines is 1. The summed E-state index contributed by atoms with van der Waals surface area (Å²) >= 11 is 6.07. The van der Waals surface area contributed by atoms with Crippen molar-refractivity contribution >= 4 is 28.2 Å². The van der Waals surface area contributed by atoms with Crippen molar-refractivity contribution in [2.75, 3.05) is 6.54 Å². The van der Waals surface area contributed by atoms with Gasteiger partial charge < -0.3 is 14.8 Å². The quantitative estimate of drug-likeness (QED) is 0.452. The van der Waals surface area contributed by atoms with Crippen LogP contribution < -0.4 is 5.32 Å². The first-order valence-corrected chi connectivity index (χ1v) is 9.33. The number of hydrogen-bond donors (Lipinski definition) is 2. The number of fused-ring (bicyclic) bond motifs is 1. The summed E-state index contributed by atoms with van der Waals surface area (Å²) in [6.07, 6.45) is 2.54. The van der Waals surface area contributed by atoms with E-state index in [4.69, 9.17) is 16.1 Å². The summed E-state index contributed by atoms with van der Waals surface area (Å²) in [6, 6.07) is 9.38. The summed E-state index contributed by atoms with van der Waals surface area (Å²) < 4.78 is 32.6. The lowest BCUT2D eigenvalue weighted by Gasteiger charge is -2.05. The fourth-order valence-corrected chi connectivity index (χ4v) is 3.26. The van der Waals surface area contributed by atoms with Crippen LogP contribution in [0.5, 0.6) is 0 Å². The van der Waals surface area contributed by atoms with Crippen molar-refractivity contribution in [3.63, 3.8) is 0 Å². The molecule has 2 aromatic heterocycles. The SMILES string of the molecule is C=C(NCCc1c[nH]c2ccc(Cl)cc12)c1noc(Cc2c(F)cccc2F)n1. The van der Waals surface area contributed by atoms with Crippen molar-refractivity contribution in [2.24, 2.45) is 0 Å². The minimum absolute atomic E-state index is 0.109. The summed E-state index contributed by atoms with van der Waals surface area (Å²) in [5, 5.41) is 8.72. The van der Waals surface area contributed by atoms with Crippen LogP contribution in [0.3, 0.4) is 0 Å². The van der Waals surface area contributed by atoms with Gasteiger partial charge in [-0.15, -0.1) is 0 Å². The summed E-state index contributed by atoms with van der Waals surface area (Å²) in [5.41, 5.74) is 2.49. The summed E-state index contributed by atoms with van der Waals surface area (Å²) in [5.74, 6) is -0.946. The van der Waals surface area contributed by atoms with Crippen molar-refractivity contribution < 1.29 is 13.3 Å². The number of nitrogens with one attached hydrogen (secondary N) is 2. The van der Waals surface area contributed by atoms with Crippen LogP contribution in [0.15, 0.2) is 53.7 Å². The first-order valence-electron chi connectivity index (χ1n) is 8.95. The maximum absolute atomic E-state index is 13.8. The highest BCUT2D eigenvalue weighted by Crippen LogP contribution is 2.23. The summed E-state index contributed by atoms with van der Waals surface area (Å²) in [6.45, 7) is 4.49. The maximum atomic E-state index is 13.8. The predicted octanol–water partition coefficient (Wildman–Crippen LogP) is 4.88. The summed E-state index contributed by atoms with van der Waals surface area (Å²) in [7, 11) is 0. The molecule has 2 N–H and O–H groups in total. The smallest absolute Gasteiger partial charge is 0.231 e. The van der Waals surface area contributed by atoms with Gasteiger partial charge in [0, 0.05) is 34.2 Å². The highest BCUT2D eigenvalue weighted by Gasteiger charge is 2.15. The number of rotatable bonds is 7. The van der Waals surface area contributed by atoms with Crippen LogP contribution in [0.2, 0.25) is 5.02 Å². The van der Waals surface area contributed by atoms with Gasteiger partial charge in [0.1, 0.15) is 11.6 Å². The van der Waals surface area contributed by atoms with Crippen LogP contribution in [0.1, 0.15) is 22.8 Å². The van der Waals surface area contributed by atoms with Gasteiger partial charge in [0.2, 0.25) is 11.7 Å². The normalized spacial score (nSPS) is 11.1. The maximum Gasteiger partial charge on any atom is 0.231 e. The van der Waals surface area contributed by atoms with Crippen LogP contribution in [0.25, 0.3) is 16.6 Å². The van der Waals surface area contributed by atoms with Gasteiger partial charge in [-0.25, -0.2) is 8.78 Å². The van der Waals surface area contributed by atoms with Gasteiger partial charge in [0.25, 0.3) is 0 Å². The van der Waals surface area contributed by atoms with E-state index in [1.807, 2.05) is 24.4 Å². The Morgan fingerprint density at radius 3 is 2.79 bits per heavy atom. The highest BCUT2D eigenvalue weighted by atomic mass is 35.5. The van der Waals surface area contributed by atoms with Gasteiger partial charge in [-0.1, -0.05) is 29.4 Å². The molecule has 0 aliphatic rings. The first-order chi connectivity index (χ1) is 14.0. The third-order valence-electron chi connectivity index (χ3n) is 4.59. The van der Waals surface area contributed by atoms with Gasteiger partial charge in [0.15, 0.2) is 0 Å². The number of aromatic nitrogens is 3. The van der Waals surface area contributed by atoms with E-state index in [9.17, 15) is 8.78 Å². The molecule has 0 atom stereocenters. The largest absolute Gasteiger partial charge is 0.382 e. The van der Waals surface area contributed by atoms with E-state index in [0.29, 0.717) is 17.3 Å². The zero-order valence-electron chi connectivity index (χ0n) is 15.3. The van der Waals surface area contributed by atoms with Crippen molar-refractivity contribution in [1.82, 2.24) is 20.4 Å². The van der Waals surface area contributed by atoms with E-state index in [-0.39, 0.29) is 23.7 Å². The van der Waals surface area contributed by atoms with E-state index in [1.165, 1.54) is 18.2 Å². The monoisotopic (exact) mass is 414 g/mol. The number of H-pyrrole nitrogens is 1. The topological polar surface area (TPSA) is 66.7 Å². The molecule has 2 aromatic carbocycles. The fourth-order valence-electron chi connectivity index (χ4n) is 3.09. The van der Waals surface area contributed by atoms with Crippen LogP contribution >= 0.6 is 11.6 Å². The van der Waals surface area contributed by atoms with Gasteiger partial charge in [-0.05, 0) is 42.3 Å². The van der Waals surface area contributed by atoms with Gasteiger partial charge in [-0.3, -0.25) is 0 Å². The van der Waals surface area contributed by atoms with E-state index in [2.05, 4.69) is 27.0 Å². The fraction of sp³-hybridized carbons (Fsp3) is 0.143. The average Bonchev–Trinajstić information content (AvgIpc) is 3.32. The van der Waals surface area contributed by atoms with E-state index in [1.54, 1.807) is 0 Å². The average molecular weight is 415 g/mol. The van der Waals surface area contributed by atoms with E-state index in [0.717, 1.165) is 22.9 Å². The third-order valence-corrected chi connectivity index (χ3v) is 4.82. The zero-order chi connectivity index (χ0) is 20.4. The molecular formula is C21H17ClF2N4O. The lowest BCUT2D eigenvalue weighted by atomic mass is 10.1. The van der Waals surface area contributed by atoms with Crippen LogP contribution in [-0.4, -0.2) is 21.7 Å². The molecule has 148 valence electrons. The number of benzene rings is 2. The molecule has 0 amide bonds. The van der Waals surface area contributed by atoms with E-state index >= 15 is 0 Å². The number of halogens is 3. The highest BCUT2D eigenvalue weighted by molar-refractivity contribution is 6.31. The molecule has 29 heavy (non-hydrogen) atoms. The molecule has 4 rings (SSSR count). The molecule has 0 spiro atoms. The van der Waals surface area contributed by atoms with Gasteiger partial charge in [-0.2, -0.15) is 4.98 Å². The molecule has 0 saturated heterocycles. The molecule has 5 nitrogen and oxygen atoms in total. The Morgan fingerprint density at radius 2 is 2.00 bits per heavy atom. The van der Waals surface area contributed by atoms with Crippen LogP contribution in [0, 0.1) is 11.6 Å². The Morgan fingerprint density at radius 1 is 1.21 bits per heavy atom. The molecule has 0 radical (unpaired) electrons. The Kier molecular flexibility index (Phi) is 5.31. The van der Waals surface area contributed by atoms with Crippen molar-refractivity contribution in [2.45, 2.75) is 12.8 Å². The Balaban J connectivity index is 1.37. The Bertz CT molecular complexity index is 1160. The molecule has 0 aliphatic carbocycles. The molecule has 8 heteroatoms. The second-order valence-electron chi connectivity index (χ2n) is 6.55. The van der Waals surface area contributed by atoms with Gasteiger partial charge >= 0.3 is 0 Å². The lowest BCUT2D eigenvalue weighted by Crippen LogP contribution is -2.15. The minimum Gasteiger partial charge on any atom is -0.382 e. The molecule has 0 aliphatic heterocycles. The van der Waals surface area contributed by atoms with Crippen molar-refractivity contribution in [3.8, 4) is 0 Å². The first kappa shape index (κ1) is 19.1. The molecule has 0 fully saturated rings. The minimum atomic E-state index is -0.652. The molecule has 0 unspecified atom stereocenters. The number of hydrogen-bond acceptors (Lipinski definition) is 4. The second-order valence-corrected chi connectivity index (χ2v) is 6.98. The number of nitrogens with zero attached hydrogens (tertiary/aromatic N) is 2. The molecule has 2 heterocycles. The standard InChI is InChI=1S/C21H17ClF2N4O/c1-12(25-8-7-13-11-26-19-6-5-14(22)9-15(13)19)21-27-20(29-28-21)10-16-17(23)3-2-4-18(16)24/h2-6,9,11,25-26H,1,7-8,10H2. The van der Waals surface area contributed by atoms with E-state index < -0.39 is 11.6 Å². The molecule has 0 bridgehead atoms. The predicted molar refractivity (Wildman–Crippen MR) is 108 cm³/mol. The summed E-state index contributed by atoms with van der Waals surface area (Å²) in [4.78, 5) is 7.38. The second kappa shape index (κ2) is 8.05. The zero-order valence-corrected chi connectivity index (χ0v) is 16.1. The Hall–Kier alpha value is -3.19. The molecular weight excluding hydrogens is 398 g/mol. The van der Waals surface area contributed by atoms with Crippen LogP contribution in [-0.2, 0) is 12.8 Å². The van der Waals surface area contributed by atoms with Crippen molar-refractivity contribution in [3.05, 3.63) is 88.7 Å². The third kappa shape index (κ3) is 4.14. The van der Waals surface area contributed by atoms with Gasteiger partial charge in [0.05, 0.1) is 12.1 Å². The molecule has 4 aromatic rings. The Labute approximate surface area is 170 Å². The molecule has 0 saturated carbocycles.